The van der Waals surface area contributed by atoms with E-state index in [9.17, 15) is 4.79 Å². The van der Waals surface area contributed by atoms with Crippen molar-refractivity contribution in [1.82, 2.24) is 0 Å². The summed E-state index contributed by atoms with van der Waals surface area (Å²) in [6.45, 7) is 5.16. The van der Waals surface area contributed by atoms with Crippen LogP contribution in [-0.4, -0.2) is 29.7 Å². The Balaban J connectivity index is 3.44. The van der Waals surface area contributed by atoms with Crippen LogP contribution < -0.4 is 0 Å². The normalized spacial score (nSPS) is 12.2. The quantitative estimate of drug-likeness (QED) is 0.403. The van der Waals surface area contributed by atoms with Gasteiger partial charge in [-0.25, -0.2) is 4.79 Å². The Labute approximate surface area is 77.0 Å². The summed E-state index contributed by atoms with van der Waals surface area (Å²) < 4.78 is 4.72. The number of carbonyl (C=O) groups is 1. The molecule has 0 heterocycles. The van der Waals surface area contributed by atoms with Gasteiger partial charge in [0.05, 0.1) is 12.7 Å². The lowest BCUT2D eigenvalue weighted by Gasteiger charge is -2.06. The predicted octanol–water partition coefficient (Wildman–Crippen LogP) is 1.10. The molecule has 0 aliphatic rings. The lowest BCUT2D eigenvalue weighted by Crippen LogP contribution is -2.14. The van der Waals surface area contributed by atoms with Gasteiger partial charge in [-0.3, -0.25) is 0 Å². The highest BCUT2D eigenvalue weighted by Crippen LogP contribution is 1.97. The lowest BCUT2D eigenvalue weighted by molar-refractivity contribution is -0.139. The van der Waals surface area contributed by atoms with Gasteiger partial charge >= 0.3 is 5.97 Å². The minimum Gasteiger partial charge on any atom is -0.462 e. The average Bonchev–Trinajstić information content (AvgIpc) is 2.03. The van der Waals surface area contributed by atoms with E-state index in [4.69, 9.17) is 21.4 Å². The van der Waals surface area contributed by atoms with Gasteiger partial charge in [-0.2, -0.15) is 0 Å². The second-order valence-corrected chi connectivity index (χ2v) is 2.82. The summed E-state index contributed by atoms with van der Waals surface area (Å²) in [5, 5.41) is 8.96. The molecule has 1 N–H and O–H groups in total. The zero-order valence-corrected chi connectivity index (χ0v) is 7.80. The summed E-state index contributed by atoms with van der Waals surface area (Å²) in [5.74, 6) is -0.276. The van der Waals surface area contributed by atoms with Crippen LogP contribution >= 0.6 is 11.6 Å². The maximum Gasteiger partial charge on any atom is 0.333 e. The van der Waals surface area contributed by atoms with Gasteiger partial charge in [-0.05, 0) is 6.92 Å². The number of carbonyl (C=O) groups excluding carboxylic acids is 1. The Hall–Kier alpha value is -0.540. The first-order valence-electron chi connectivity index (χ1n) is 3.64. The minimum absolute atomic E-state index is 0.157. The molecule has 0 bridgehead atoms. The number of esters is 1. The molecule has 1 atom stereocenters. The van der Waals surface area contributed by atoms with Crippen LogP contribution in [0.5, 0.6) is 0 Å². The Morgan fingerprint density at radius 2 is 2.33 bits per heavy atom. The monoisotopic (exact) mass is 192 g/mol. The van der Waals surface area contributed by atoms with Gasteiger partial charge in [0.1, 0.15) is 0 Å². The van der Waals surface area contributed by atoms with E-state index in [2.05, 4.69) is 6.58 Å². The van der Waals surface area contributed by atoms with Crippen molar-refractivity contribution >= 4 is 17.6 Å². The molecular weight excluding hydrogens is 180 g/mol. The number of aliphatic hydroxyl groups excluding tert-OH is 1. The van der Waals surface area contributed by atoms with Crippen molar-refractivity contribution in [2.45, 2.75) is 19.4 Å². The maximum absolute atomic E-state index is 10.8. The molecule has 1 unspecified atom stereocenters. The zero-order chi connectivity index (χ0) is 9.56. The molecule has 0 spiro atoms. The molecule has 0 aliphatic heterocycles. The Morgan fingerprint density at radius 1 is 1.75 bits per heavy atom. The molecule has 0 saturated carbocycles. The molecule has 0 amide bonds. The van der Waals surface area contributed by atoms with E-state index in [-0.39, 0.29) is 12.5 Å². The third kappa shape index (κ3) is 5.16. The van der Waals surface area contributed by atoms with E-state index in [0.717, 1.165) is 0 Å². The summed E-state index contributed by atoms with van der Waals surface area (Å²) in [6.07, 6.45) is -0.243. The summed E-state index contributed by atoms with van der Waals surface area (Å²) in [4.78, 5) is 10.8. The second kappa shape index (κ2) is 6.03. The summed E-state index contributed by atoms with van der Waals surface area (Å²) >= 11 is 5.32. The fraction of sp³-hybridized carbons (Fsp3) is 0.625. The molecule has 0 radical (unpaired) electrons. The van der Waals surface area contributed by atoms with Crippen molar-refractivity contribution in [1.29, 1.82) is 0 Å². The number of aliphatic hydroxyl groups is 1. The highest BCUT2D eigenvalue weighted by Gasteiger charge is 2.05. The van der Waals surface area contributed by atoms with Crippen LogP contribution in [0.4, 0.5) is 0 Å². The predicted molar refractivity (Wildman–Crippen MR) is 47.1 cm³/mol. The fourth-order valence-corrected chi connectivity index (χ4v) is 0.642. The van der Waals surface area contributed by atoms with Gasteiger partial charge in [0.25, 0.3) is 0 Å². The van der Waals surface area contributed by atoms with Gasteiger partial charge in [0.15, 0.2) is 0 Å². The fourth-order valence-electron chi connectivity index (χ4n) is 0.488. The standard InChI is InChI=1S/C8H13ClO3/c1-6(2)8(11)12-4-3-7(10)5-9/h7,10H,1,3-5H2,2H3. The van der Waals surface area contributed by atoms with Crippen molar-refractivity contribution in [3.05, 3.63) is 12.2 Å². The van der Waals surface area contributed by atoms with Crippen LogP contribution in [0.3, 0.4) is 0 Å². The Morgan fingerprint density at radius 3 is 2.75 bits per heavy atom. The first kappa shape index (κ1) is 11.5. The van der Waals surface area contributed by atoms with Crippen molar-refractivity contribution < 1.29 is 14.6 Å². The van der Waals surface area contributed by atoms with Crippen LogP contribution in [0.2, 0.25) is 0 Å². The number of alkyl halides is 1. The van der Waals surface area contributed by atoms with Crippen LogP contribution in [0, 0.1) is 0 Å². The number of hydrogen-bond donors (Lipinski definition) is 1. The van der Waals surface area contributed by atoms with E-state index in [1.165, 1.54) is 0 Å². The number of ether oxygens (including phenoxy) is 1. The average molecular weight is 193 g/mol. The third-order valence-electron chi connectivity index (χ3n) is 1.21. The molecule has 0 aliphatic carbocycles. The van der Waals surface area contributed by atoms with Crippen molar-refractivity contribution in [3.63, 3.8) is 0 Å². The zero-order valence-electron chi connectivity index (χ0n) is 7.05. The molecule has 3 nitrogen and oxygen atoms in total. The van der Waals surface area contributed by atoms with Crippen molar-refractivity contribution in [3.8, 4) is 0 Å². The summed E-state index contributed by atoms with van der Waals surface area (Å²) in [7, 11) is 0. The summed E-state index contributed by atoms with van der Waals surface area (Å²) in [5.41, 5.74) is 0.357. The third-order valence-corrected chi connectivity index (χ3v) is 1.57. The van der Waals surface area contributed by atoms with Gasteiger partial charge in [0, 0.05) is 17.9 Å². The Kier molecular flexibility index (Phi) is 5.76. The van der Waals surface area contributed by atoms with E-state index in [0.29, 0.717) is 12.0 Å². The minimum atomic E-state index is -0.607. The van der Waals surface area contributed by atoms with E-state index in [1.54, 1.807) is 6.92 Å². The maximum atomic E-state index is 10.8. The number of rotatable bonds is 5. The highest BCUT2D eigenvalue weighted by atomic mass is 35.5. The smallest absolute Gasteiger partial charge is 0.333 e. The van der Waals surface area contributed by atoms with Gasteiger partial charge in [-0.1, -0.05) is 6.58 Å². The highest BCUT2D eigenvalue weighted by molar-refractivity contribution is 6.18. The molecular formula is C8H13ClO3. The van der Waals surface area contributed by atoms with Gasteiger partial charge in [0.2, 0.25) is 0 Å². The Bertz CT molecular complexity index is 168. The lowest BCUT2D eigenvalue weighted by atomic mass is 10.3. The molecule has 0 aromatic heterocycles. The second-order valence-electron chi connectivity index (χ2n) is 2.51. The van der Waals surface area contributed by atoms with Crippen LogP contribution in [0.1, 0.15) is 13.3 Å². The van der Waals surface area contributed by atoms with Crippen molar-refractivity contribution in [2.24, 2.45) is 0 Å². The molecule has 0 saturated heterocycles. The first-order chi connectivity index (χ1) is 5.57. The summed E-state index contributed by atoms with van der Waals surface area (Å²) in [6, 6.07) is 0. The number of halogens is 1. The largest absolute Gasteiger partial charge is 0.462 e. The van der Waals surface area contributed by atoms with Gasteiger partial charge in [-0.15, -0.1) is 11.6 Å². The van der Waals surface area contributed by atoms with Crippen LogP contribution in [-0.2, 0) is 9.53 Å². The first-order valence-corrected chi connectivity index (χ1v) is 4.18. The van der Waals surface area contributed by atoms with Crippen LogP contribution in [0.25, 0.3) is 0 Å². The SMILES string of the molecule is C=C(C)C(=O)OCCC(O)CCl. The molecule has 12 heavy (non-hydrogen) atoms. The molecule has 70 valence electrons. The molecule has 0 fully saturated rings. The van der Waals surface area contributed by atoms with Crippen molar-refractivity contribution in [2.75, 3.05) is 12.5 Å². The topological polar surface area (TPSA) is 46.5 Å². The van der Waals surface area contributed by atoms with Gasteiger partial charge < -0.3 is 9.84 Å². The van der Waals surface area contributed by atoms with Crippen LogP contribution in [0.15, 0.2) is 12.2 Å². The molecule has 0 rings (SSSR count). The van der Waals surface area contributed by atoms with E-state index in [1.807, 2.05) is 0 Å². The number of hydrogen-bond acceptors (Lipinski definition) is 3. The molecule has 0 aromatic rings. The molecule has 4 heteroatoms. The van der Waals surface area contributed by atoms with E-state index >= 15 is 0 Å². The molecule has 0 aromatic carbocycles. The van der Waals surface area contributed by atoms with E-state index < -0.39 is 12.1 Å².